The Kier molecular flexibility index (Phi) is 3.27. The van der Waals surface area contributed by atoms with Crippen LogP contribution in [-0.4, -0.2) is 12.2 Å². The van der Waals surface area contributed by atoms with E-state index in [1.807, 2.05) is 0 Å². The van der Waals surface area contributed by atoms with Crippen LogP contribution in [0.25, 0.3) is 0 Å². The number of hydrogen-bond donors (Lipinski definition) is 0. The molecule has 2 rings (SSSR count). The van der Waals surface area contributed by atoms with Crippen LogP contribution < -0.4 is 0 Å². The lowest BCUT2D eigenvalue weighted by Gasteiger charge is -2.03. The van der Waals surface area contributed by atoms with Crippen LogP contribution >= 0.6 is 11.6 Å². The highest BCUT2D eigenvalue weighted by Gasteiger charge is 2.36. The molecule has 0 aliphatic carbocycles. The highest BCUT2D eigenvalue weighted by atomic mass is 35.5. The Morgan fingerprint density at radius 2 is 2.20 bits per heavy atom. The summed E-state index contributed by atoms with van der Waals surface area (Å²) >= 11 is 5.92. The van der Waals surface area contributed by atoms with Crippen LogP contribution in [-0.2, 0) is 11.2 Å². The molecule has 2 atom stereocenters. The molecule has 3 heteroatoms. The van der Waals surface area contributed by atoms with Crippen molar-refractivity contribution >= 4 is 11.6 Å². The fraction of sp³-hybridized carbons (Fsp3) is 0.500. The normalized spacial score (nSPS) is 24.2. The van der Waals surface area contributed by atoms with Crippen LogP contribution in [0.2, 0.25) is 5.02 Å². The van der Waals surface area contributed by atoms with Gasteiger partial charge in [-0.1, -0.05) is 24.6 Å². The van der Waals surface area contributed by atoms with Crippen molar-refractivity contribution in [2.45, 2.75) is 38.4 Å². The minimum Gasteiger partial charge on any atom is -0.370 e. The Bertz CT molecular complexity index is 333. The monoisotopic (exact) mass is 228 g/mol. The molecule has 0 spiro atoms. The average molecular weight is 229 g/mol. The second-order valence-electron chi connectivity index (χ2n) is 3.86. The second-order valence-corrected chi connectivity index (χ2v) is 4.27. The summed E-state index contributed by atoms with van der Waals surface area (Å²) in [4.78, 5) is 0. The molecule has 1 saturated heterocycles. The standard InChI is InChI=1S/C12H14ClFO/c1-2-11-12(15-11)7-6-8-9(13)4-3-5-10(8)14/h3-5,11-12H,2,6-7H2,1H3. The van der Waals surface area contributed by atoms with Crippen molar-refractivity contribution in [3.63, 3.8) is 0 Å². The maximum Gasteiger partial charge on any atom is 0.127 e. The minimum atomic E-state index is -0.212. The van der Waals surface area contributed by atoms with E-state index in [-0.39, 0.29) is 5.82 Å². The summed E-state index contributed by atoms with van der Waals surface area (Å²) < 4.78 is 18.8. The van der Waals surface area contributed by atoms with Crippen LogP contribution in [0.5, 0.6) is 0 Å². The van der Waals surface area contributed by atoms with Crippen molar-refractivity contribution in [3.05, 3.63) is 34.6 Å². The molecular formula is C12H14ClFO. The van der Waals surface area contributed by atoms with Crippen LogP contribution in [0.1, 0.15) is 25.3 Å². The quantitative estimate of drug-likeness (QED) is 0.718. The van der Waals surface area contributed by atoms with Crippen LogP contribution in [0, 0.1) is 5.82 Å². The van der Waals surface area contributed by atoms with Crippen molar-refractivity contribution < 1.29 is 9.13 Å². The Hall–Kier alpha value is -0.600. The minimum absolute atomic E-state index is 0.212. The summed E-state index contributed by atoms with van der Waals surface area (Å²) in [7, 11) is 0. The molecule has 1 aliphatic rings. The fourth-order valence-electron chi connectivity index (χ4n) is 1.85. The van der Waals surface area contributed by atoms with Crippen LogP contribution in [0.3, 0.4) is 0 Å². The van der Waals surface area contributed by atoms with Gasteiger partial charge in [0.1, 0.15) is 5.82 Å². The summed E-state index contributed by atoms with van der Waals surface area (Å²) in [5, 5.41) is 0.517. The predicted octanol–water partition coefficient (Wildman–Crippen LogP) is 3.59. The summed E-state index contributed by atoms with van der Waals surface area (Å²) in [5.74, 6) is -0.212. The van der Waals surface area contributed by atoms with E-state index in [2.05, 4.69) is 6.92 Å². The SMILES string of the molecule is CCC1OC1CCc1c(F)cccc1Cl. The van der Waals surface area contributed by atoms with Gasteiger partial charge in [-0.2, -0.15) is 0 Å². The third-order valence-electron chi connectivity index (χ3n) is 2.83. The van der Waals surface area contributed by atoms with E-state index in [1.54, 1.807) is 12.1 Å². The van der Waals surface area contributed by atoms with Gasteiger partial charge < -0.3 is 4.74 Å². The molecule has 2 unspecified atom stereocenters. The van der Waals surface area contributed by atoms with Gasteiger partial charge in [-0.3, -0.25) is 0 Å². The summed E-state index contributed by atoms with van der Waals surface area (Å²) in [5.41, 5.74) is 0.615. The van der Waals surface area contributed by atoms with E-state index in [9.17, 15) is 4.39 Å². The number of benzene rings is 1. The zero-order valence-electron chi connectivity index (χ0n) is 8.67. The third-order valence-corrected chi connectivity index (χ3v) is 3.18. The molecular weight excluding hydrogens is 215 g/mol. The molecule has 1 heterocycles. The lowest BCUT2D eigenvalue weighted by Crippen LogP contribution is -1.98. The Balaban J connectivity index is 1.94. The first kappa shape index (κ1) is 10.9. The molecule has 1 nitrogen and oxygen atoms in total. The van der Waals surface area contributed by atoms with Gasteiger partial charge in [0.2, 0.25) is 0 Å². The van der Waals surface area contributed by atoms with E-state index in [0.717, 1.165) is 12.8 Å². The zero-order valence-corrected chi connectivity index (χ0v) is 9.43. The van der Waals surface area contributed by atoms with Gasteiger partial charge in [-0.05, 0) is 31.4 Å². The smallest absolute Gasteiger partial charge is 0.127 e. The van der Waals surface area contributed by atoms with Crippen molar-refractivity contribution in [2.75, 3.05) is 0 Å². The van der Waals surface area contributed by atoms with E-state index >= 15 is 0 Å². The molecule has 0 amide bonds. The first-order chi connectivity index (χ1) is 7.22. The van der Waals surface area contributed by atoms with Crippen LogP contribution in [0.4, 0.5) is 4.39 Å². The lowest BCUT2D eigenvalue weighted by atomic mass is 10.1. The number of rotatable bonds is 4. The molecule has 0 bridgehead atoms. The number of hydrogen-bond acceptors (Lipinski definition) is 1. The largest absolute Gasteiger partial charge is 0.370 e. The predicted molar refractivity (Wildman–Crippen MR) is 58.7 cm³/mol. The molecule has 0 saturated carbocycles. The van der Waals surface area contributed by atoms with Gasteiger partial charge in [0, 0.05) is 10.6 Å². The third kappa shape index (κ3) is 2.50. The Labute approximate surface area is 94.2 Å². The molecule has 1 aromatic rings. The number of halogens is 2. The Morgan fingerprint density at radius 1 is 1.40 bits per heavy atom. The van der Waals surface area contributed by atoms with Gasteiger partial charge in [0.15, 0.2) is 0 Å². The van der Waals surface area contributed by atoms with Gasteiger partial charge in [0.25, 0.3) is 0 Å². The van der Waals surface area contributed by atoms with Gasteiger partial charge in [0.05, 0.1) is 12.2 Å². The highest BCUT2D eigenvalue weighted by molar-refractivity contribution is 6.31. The van der Waals surface area contributed by atoms with E-state index in [1.165, 1.54) is 6.07 Å². The zero-order chi connectivity index (χ0) is 10.8. The van der Waals surface area contributed by atoms with E-state index < -0.39 is 0 Å². The van der Waals surface area contributed by atoms with Crippen molar-refractivity contribution in [3.8, 4) is 0 Å². The van der Waals surface area contributed by atoms with Crippen LogP contribution in [0.15, 0.2) is 18.2 Å². The summed E-state index contributed by atoms with van der Waals surface area (Å²) in [6.07, 6.45) is 3.25. The van der Waals surface area contributed by atoms with Crippen molar-refractivity contribution in [2.24, 2.45) is 0 Å². The first-order valence-corrected chi connectivity index (χ1v) is 5.68. The molecule has 15 heavy (non-hydrogen) atoms. The molecule has 0 N–H and O–H groups in total. The Morgan fingerprint density at radius 3 is 2.80 bits per heavy atom. The maximum atomic E-state index is 13.4. The molecule has 0 aromatic heterocycles. The number of ether oxygens (including phenoxy) is 1. The maximum absolute atomic E-state index is 13.4. The second kappa shape index (κ2) is 4.50. The highest BCUT2D eigenvalue weighted by Crippen LogP contribution is 2.30. The van der Waals surface area contributed by atoms with Crippen molar-refractivity contribution in [1.82, 2.24) is 0 Å². The molecule has 0 radical (unpaired) electrons. The molecule has 1 aliphatic heterocycles. The first-order valence-electron chi connectivity index (χ1n) is 5.30. The van der Waals surface area contributed by atoms with E-state index in [4.69, 9.17) is 16.3 Å². The van der Waals surface area contributed by atoms with Gasteiger partial charge in [-0.15, -0.1) is 0 Å². The van der Waals surface area contributed by atoms with Gasteiger partial charge in [-0.25, -0.2) is 4.39 Å². The summed E-state index contributed by atoms with van der Waals surface area (Å²) in [6.45, 7) is 2.10. The molecule has 1 fully saturated rings. The topological polar surface area (TPSA) is 12.5 Å². The molecule has 1 aromatic carbocycles. The average Bonchev–Trinajstić information content (AvgIpc) is 2.96. The molecule has 82 valence electrons. The van der Waals surface area contributed by atoms with E-state index in [0.29, 0.717) is 29.2 Å². The van der Waals surface area contributed by atoms with Crippen molar-refractivity contribution in [1.29, 1.82) is 0 Å². The van der Waals surface area contributed by atoms with Gasteiger partial charge >= 0.3 is 0 Å². The fourth-order valence-corrected chi connectivity index (χ4v) is 2.11. The lowest BCUT2D eigenvalue weighted by molar-refractivity contribution is 0.359. The summed E-state index contributed by atoms with van der Waals surface area (Å²) in [6, 6.07) is 4.81. The number of epoxide rings is 1.